The Morgan fingerprint density at radius 2 is 2.27 bits per heavy atom. The van der Waals surface area contributed by atoms with Crippen LogP contribution in [0.2, 0.25) is 0 Å². The predicted octanol–water partition coefficient (Wildman–Crippen LogP) is 1.49. The maximum Gasteiger partial charge on any atom is 0.249 e. The summed E-state index contributed by atoms with van der Waals surface area (Å²) in [6.07, 6.45) is 1.69. The van der Waals surface area contributed by atoms with E-state index in [-0.39, 0.29) is 11.8 Å². The number of hydrogen-bond donors (Lipinski definition) is 0. The SMILES string of the molecule is Cc1ccn(C(=O)C(C)C)n1. The van der Waals surface area contributed by atoms with Gasteiger partial charge in [0.05, 0.1) is 5.69 Å². The van der Waals surface area contributed by atoms with Crippen molar-refractivity contribution in [2.24, 2.45) is 5.92 Å². The molecule has 0 aromatic carbocycles. The Kier molecular flexibility index (Phi) is 2.08. The zero-order valence-electron chi connectivity index (χ0n) is 7.03. The third kappa shape index (κ3) is 1.67. The number of carbonyl (C=O) groups excluding carboxylic acids is 1. The van der Waals surface area contributed by atoms with E-state index in [2.05, 4.69) is 5.10 Å². The molecule has 11 heavy (non-hydrogen) atoms. The van der Waals surface area contributed by atoms with Crippen LogP contribution in [-0.2, 0) is 0 Å². The fraction of sp³-hybridized carbons (Fsp3) is 0.500. The van der Waals surface area contributed by atoms with Crippen molar-refractivity contribution in [2.75, 3.05) is 0 Å². The molecule has 1 aromatic heterocycles. The van der Waals surface area contributed by atoms with Gasteiger partial charge in [-0.05, 0) is 13.0 Å². The zero-order valence-corrected chi connectivity index (χ0v) is 7.03. The molecule has 0 aliphatic carbocycles. The Labute approximate surface area is 66.0 Å². The first-order valence-electron chi connectivity index (χ1n) is 3.67. The zero-order chi connectivity index (χ0) is 8.43. The largest absolute Gasteiger partial charge is 0.272 e. The van der Waals surface area contributed by atoms with Crippen LogP contribution in [0.4, 0.5) is 0 Å². The molecule has 3 heteroatoms. The maximum absolute atomic E-state index is 11.3. The molecule has 0 unspecified atom stereocenters. The first-order valence-corrected chi connectivity index (χ1v) is 3.67. The Morgan fingerprint density at radius 1 is 1.64 bits per heavy atom. The van der Waals surface area contributed by atoms with Crippen LogP contribution >= 0.6 is 0 Å². The highest BCUT2D eigenvalue weighted by molar-refractivity contribution is 5.79. The number of rotatable bonds is 1. The van der Waals surface area contributed by atoms with Gasteiger partial charge in [-0.2, -0.15) is 5.10 Å². The topological polar surface area (TPSA) is 34.9 Å². The molecular formula is C8H12N2O. The molecule has 1 rings (SSSR count). The average Bonchev–Trinajstić information content (AvgIpc) is 2.34. The van der Waals surface area contributed by atoms with Gasteiger partial charge in [0.2, 0.25) is 5.91 Å². The molecule has 0 bridgehead atoms. The standard InChI is InChI=1S/C8H12N2O/c1-6(2)8(11)10-5-4-7(3)9-10/h4-6H,1-3H3. The molecule has 0 amide bonds. The van der Waals surface area contributed by atoms with Gasteiger partial charge in [-0.25, -0.2) is 4.68 Å². The number of aromatic nitrogens is 2. The average molecular weight is 152 g/mol. The molecule has 1 heterocycles. The highest BCUT2D eigenvalue weighted by Gasteiger charge is 2.09. The number of carbonyl (C=O) groups is 1. The van der Waals surface area contributed by atoms with Crippen LogP contribution in [0.15, 0.2) is 12.3 Å². The highest BCUT2D eigenvalue weighted by Crippen LogP contribution is 1.99. The van der Waals surface area contributed by atoms with Crippen LogP contribution in [0.5, 0.6) is 0 Å². The van der Waals surface area contributed by atoms with Gasteiger partial charge in [0, 0.05) is 12.1 Å². The van der Waals surface area contributed by atoms with Crippen molar-refractivity contribution in [3.63, 3.8) is 0 Å². The van der Waals surface area contributed by atoms with Crippen molar-refractivity contribution >= 4 is 5.91 Å². The molecule has 3 nitrogen and oxygen atoms in total. The minimum Gasteiger partial charge on any atom is -0.272 e. The lowest BCUT2D eigenvalue weighted by Crippen LogP contribution is -2.17. The molecule has 0 radical (unpaired) electrons. The van der Waals surface area contributed by atoms with Crippen LogP contribution in [0.3, 0.4) is 0 Å². The van der Waals surface area contributed by atoms with Crippen molar-refractivity contribution in [3.8, 4) is 0 Å². The van der Waals surface area contributed by atoms with E-state index in [9.17, 15) is 4.79 Å². The van der Waals surface area contributed by atoms with Crippen LogP contribution in [-0.4, -0.2) is 15.7 Å². The van der Waals surface area contributed by atoms with Crippen molar-refractivity contribution in [1.82, 2.24) is 9.78 Å². The van der Waals surface area contributed by atoms with Gasteiger partial charge in [0.15, 0.2) is 0 Å². The van der Waals surface area contributed by atoms with Gasteiger partial charge in [-0.1, -0.05) is 13.8 Å². The summed E-state index contributed by atoms with van der Waals surface area (Å²) in [5, 5.41) is 4.00. The molecular weight excluding hydrogens is 140 g/mol. The minimum atomic E-state index is 0.00861. The fourth-order valence-electron chi connectivity index (χ4n) is 0.802. The van der Waals surface area contributed by atoms with Crippen molar-refractivity contribution < 1.29 is 4.79 Å². The summed E-state index contributed by atoms with van der Waals surface area (Å²) in [7, 11) is 0. The third-order valence-corrected chi connectivity index (χ3v) is 1.44. The summed E-state index contributed by atoms with van der Waals surface area (Å²) in [4.78, 5) is 11.3. The summed E-state index contributed by atoms with van der Waals surface area (Å²) in [5.41, 5.74) is 0.874. The van der Waals surface area contributed by atoms with E-state index in [0.29, 0.717) is 0 Å². The second-order valence-corrected chi connectivity index (χ2v) is 2.89. The summed E-state index contributed by atoms with van der Waals surface area (Å²) in [5.74, 6) is 0.0485. The summed E-state index contributed by atoms with van der Waals surface area (Å²) >= 11 is 0. The second kappa shape index (κ2) is 2.86. The van der Waals surface area contributed by atoms with Crippen molar-refractivity contribution in [1.29, 1.82) is 0 Å². The smallest absolute Gasteiger partial charge is 0.249 e. The lowest BCUT2D eigenvalue weighted by molar-refractivity contribution is 0.0838. The van der Waals surface area contributed by atoms with E-state index in [0.717, 1.165) is 5.69 Å². The van der Waals surface area contributed by atoms with E-state index in [1.54, 1.807) is 6.20 Å². The van der Waals surface area contributed by atoms with Crippen molar-refractivity contribution in [2.45, 2.75) is 20.8 Å². The second-order valence-electron chi connectivity index (χ2n) is 2.89. The molecule has 0 atom stereocenters. The summed E-state index contributed by atoms with van der Waals surface area (Å²) in [6, 6.07) is 1.82. The van der Waals surface area contributed by atoms with Gasteiger partial charge >= 0.3 is 0 Å². The fourth-order valence-corrected chi connectivity index (χ4v) is 0.802. The van der Waals surface area contributed by atoms with Gasteiger partial charge in [0.1, 0.15) is 0 Å². The number of nitrogens with zero attached hydrogens (tertiary/aromatic N) is 2. The Balaban J connectivity index is 2.85. The monoisotopic (exact) mass is 152 g/mol. The molecule has 0 saturated carbocycles. The molecule has 0 fully saturated rings. The van der Waals surface area contributed by atoms with Gasteiger partial charge in [-0.15, -0.1) is 0 Å². The number of aryl methyl sites for hydroxylation is 1. The first-order chi connectivity index (χ1) is 5.11. The Bertz CT molecular complexity index is 263. The Morgan fingerprint density at radius 3 is 2.64 bits per heavy atom. The van der Waals surface area contributed by atoms with E-state index < -0.39 is 0 Å². The van der Waals surface area contributed by atoms with Gasteiger partial charge in [0.25, 0.3) is 0 Å². The van der Waals surface area contributed by atoms with Crippen LogP contribution in [0.1, 0.15) is 24.3 Å². The van der Waals surface area contributed by atoms with E-state index >= 15 is 0 Å². The van der Waals surface area contributed by atoms with Crippen molar-refractivity contribution in [3.05, 3.63) is 18.0 Å². The lowest BCUT2D eigenvalue weighted by Gasteiger charge is -2.01. The minimum absolute atomic E-state index is 0.00861. The quantitative estimate of drug-likeness (QED) is 0.611. The predicted molar refractivity (Wildman–Crippen MR) is 42.4 cm³/mol. The molecule has 0 N–H and O–H groups in total. The molecule has 0 spiro atoms. The number of hydrogen-bond acceptors (Lipinski definition) is 2. The molecule has 0 aliphatic rings. The van der Waals surface area contributed by atoms with E-state index in [4.69, 9.17) is 0 Å². The maximum atomic E-state index is 11.3. The van der Waals surface area contributed by atoms with E-state index in [1.807, 2.05) is 26.8 Å². The van der Waals surface area contributed by atoms with Crippen LogP contribution < -0.4 is 0 Å². The molecule has 0 saturated heterocycles. The highest BCUT2D eigenvalue weighted by atomic mass is 16.2. The lowest BCUT2D eigenvalue weighted by atomic mass is 10.2. The third-order valence-electron chi connectivity index (χ3n) is 1.44. The van der Waals surface area contributed by atoms with Gasteiger partial charge < -0.3 is 0 Å². The summed E-state index contributed by atoms with van der Waals surface area (Å²) in [6.45, 7) is 5.59. The van der Waals surface area contributed by atoms with Gasteiger partial charge in [-0.3, -0.25) is 4.79 Å². The molecule has 1 aromatic rings. The van der Waals surface area contributed by atoms with E-state index in [1.165, 1.54) is 4.68 Å². The van der Waals surface area contributed by atoms with Crippen LogP contribution in [0, 0.1) is 12.8 Å². The normalized spacial score (nSPS) is 10.5. The first kappa shape index (κ1) is 7.98. The summed E-state index contributed by atoms with van der Waals surface area (Å²) < 4.78 is 1.39. The van der Waals surface area contributed by atoms with Crippen LogP contribution in [0.25, 0.3) is 0 Å². The molecule has 60 valence electrons. The Hall–Kier alpha value is -1.12. The molecule has 0 aliphatic heterocycles.